The van der Waals surface area contributed by atoms with Gasteiger partial charge >= 0.3 is 0 Å². The quantitative estimate of drug-likeness (QED) is 0.759. The van der Waals surface area contributed by atoms with Crippen LogP contribution in [0.3, 0.4) is 0 Å². The van der Waals surface area contributed by atoms with E-state index in [9.17, 15) is 4.79 Å². The summed E-state index contributed by atoms with van der Waals surface area (Å²) >= 11 is 6.80. The van der Waals surface area contributed by atoms with Gasteiger partial charge in [-0.2, -0.15) is 0 Å². The van der Waals surface area contributed by atoms with Gasteiger partial charge in [0.25, 0.3) is 5.91 Å². The van der Waals surface area contributed by atoms with E-state index in [1.165, 1.54) is 0 Å². The molecule has 1 atom stereocenters. The fraction of sp³-hybridized carbons (Fsp3) is 0.417. The van der Waals surface area contributed by atoms with Crippen molar-refractivity contribution in [1.82, 2.24) is 4.90 Å². The third-order valence-corrected chi connectivity index (χ3v) is 3.74. The Bertz CT molecular complexity index is 399. The molecular weight excluding hydrogens is 334 g/mol. The van der Waals surface area contributed by atoms with Crippen molar-refractivity contribution in [2.45, 2.75) is 13.3 Å². The van der Waals surface area contributed by atoms with Gasteiger partial charge in [-0.1, -0.05) is 38.8 Å². The van der Waals surface area contributed by atoms with Crippen molar-refractivity contribution in [3.05, 3.63) is 32.7 Å². The molecule has 0 bridgehead atoms. The minimum absolute atomic E-state index is 0.131. The van der Waals surface area contributed by atoms with E-state index in [1.54, 1.807) is 0 Å². The van der Waals surface area contributed by atoms with Crippen molar-refractivity contribution in [2.75, 3.05) is 13.1 Å². The lowest BCUT2D eigenvalue weighted by molar-refractivity contribution is 0.0788. The Morgan fingerprint density at radius 1 is 1.31 bits per heavy atom. The minimum Gasteiger partial charge on any atom is -0.338 e. The number of carbonyl (C=O) groups is 1. The van der Waals surface area contributed by atoms with Gasteiger partial charge < -0.3 is 4.90 Å². The lowest BCUT2D eigenvalue weighted by atomic mass is 10.2. The fourth-order valence-electron chi connectivity index (χ4n) is 1.98. The van der Waals surface area contributed by atoms with Crippen LogP contribution in [-0.2, 0) is 0 Å². The third kappa shape index (κ3) is 2.66. The summed E-state index contributed by atoms with van der Waals surface area (Å²) in [5.41, 5.74) is 0.746. The van der Waals surface area contributed by atoms with Crippen LogP contribution in [0, 0.1) is 5.92 Å². The molecule has 1 fully saturated rings. The second-order valence-electron chi connectivity index (χ2n) is 4.30. The van der Waals surface area contributed by atoms with Crippen LogP contribution in [0.25, 0.3) is 0 Å². The van der Waals surface area contributed by atoms with E-state index in [2.05, 4.69) is 38.8 Å². The highest BCUT2D eigenvalue weighted by atomic mass is 79.9. The Morgan fingerprint density at radius 2 is 1.94 bits per heavy atom. The Kier molecular flexibility index (Phi) is 3.70. The molecule has 1 amide bonds. The van der Waals surface area contributed by atoms with Crippen LogP contribution in [0.5, 0.6) is 0 Å². The largest absolute Gasteiger partial charge is 0.338 e. The molecule has 0 saturated carbocycles. The number of amides is 1. The first-order valence-electron chi connectivity index (χ1n) is 5.31. The maximum absolute atomic E-state index is 12.2. The number of hydrogen-bond donors (Lipinski definition) is 0. The molecule has 2 nitrogen and oxygen atoms in total. The highest BCUT2D eigenvalue weighted by Crippen LogP contribution is 2.23. The van der Waals surface area contributed by atoms with Gasteiger partial charge in [-0.3, -0.25) is 4.79 Å². The Balaban J connectivity index is 2.20. The molecule has 0 aromatic heterocycles. The van der Waals surface area contributed by atoms with Crippen molar-refractivity contribution in [3.63, 3.8) is 0 Å². The predicted octanol–water partition coefficient (Wildman–Crippen LogP) is 3.69. The maximum atomic E-state index is 12.2. The van der Waals surface area contributed by atoms with Gasteiger partial charge in [0.05, 0.1) is 0 Å². The Labute approximate surface area is 112 Å². The molecule has 0 N–H and O–H groups in total. The van der Waals surface area contributed by atoms with Crippen LogP contribution in [0.2, 0.25) is 0 Å². The number of likely N-dealkylation sites (tertiary alicyclic amines) is 1. The molecule has 86 valence electrons. The number of rotatable bonds is 1. The van der Waals surface area contributed by atoms with Gasteiger partial charge in [-0.25, -0.2) is 0 Å². The maximum Gasteiger partial charge on any atom is 0.253 e. The summed E-state index contributed by atoms with van der Waals surface area (Å²) in [6.45, 7) is 3.94. The molecule has 1 aliphatic rings. The summed E-state index contributed by atoms with van der Waals surface area (Å²) in [4.78, 5) is 14.1. The highest BCUT2D eigenvalue weighted by molar-refractivity contribution is 9.11. The average Bonchev–Trinajstić information content (AvgIpc) is 2.62. The van der Waals surface area contributed by atoms with Gasteiger partial charge in [0.1, 0.15) is 0 Å². The zero-order valence-electron chi connectivity index (χ0n) is 9.04. The number of carbonyl (C=O) groups excluding carboxylic acids is 1. The van der Waals surface area contributed by atoms with Crippen LogP contribution in [0.1, 0.15) is 23.7 Å². The van der Waals surface area contributed by atoms with Gasteiger partial charge in [0.2, 0.25) is 0 Å². The summed E-state index contributed by atoms with van der Waals surface area (Å²) < 4.78 is 1.86. The molecule has 1 unspecified atom stereocenters. The Hall–Kier alpha value is -0.350. The SMILES string of the molecule is CC1CCN(C(=O)c2cc(Br)cc(Br)c2)C1. The summed E-state index contributed by atoms with van der Waals surface area (Å²) in [6, 6.07) is 5.68. The number of nitrogens with zero attached hydrogens (tertiary/aromatic N) is 1. The molecule has 0 aliphatic carbocycles. The molecule has 1 aromatic rings. The number of benzene rings is 1. The predicted molar refractivity (Wildman–Crippen MR) is 71.5 cm³/mol. The van der Waals surface area contributed by atoms with E-state index in [0.29, 0.717) is 5.92 Å². The van der Waals surface area contributed by atoms with Crippen molar-refractivity contribution in [2.24, 2.45) is 5.92 Å². The monoisotopic (exact) mass is 345 g/mol. The van der Waals surface area contributed by atoms with Crippen LogP contribution in [0.4, 0.5) is 0 Å². The molecular formula is C12H13Br2NO. The van der Waals surface area contributed by atoms with Crippen LogP contribution >= 0.6 is 31.9 Å². The number of halogens is 2. The van der Waals surface area contributed by atoms with Gasteiger partial charge in [-0.15, -0.1) is 0 Å². The second kappa shape index (κ2) is 4.88. The van der Waals surface area contributed by atoms with Gasteiger partial charge in [0.15, 0.2) is 0 Å². The van der Waals surface area contributed by atoms with E-state index in [0.717, 1.165) is 34.0 Å². The molecule has 0 radical (unpaired) electrons. The van der Waals surface area contributed by atoms with E-state index < -0.39 is 0 Å². The normalized spacial score (nSPS) is 20.2. The molecule has 4 heteroatoms. The second-order valence-corrected chi connectivity index (χ2v) is 6.13. The van der Waals surface area contributed by atoms with E-state index in [4.69, 9.17) is 0 Å². The molecule has 2 rings (SSSR count). The molecule has 1 saturated heterocycles. The molecule has 0 spiro atoms. The molecule has 1 aliphatic heterocycles. The minimum atomic E-state index is 0.131. The smallest absolute Gasteiger partial charge is 0.253 e. The topological polar surface area (TPSA) is 20.3 Å². The first kappa shape index (κ1) is 12.1. The summed E-state index contributed by atoms with van der Waals surface area (Å²) in [5, 5.41) is 0. The van der Waals surface area contributed by atoms with Crippen molar-refractivity contribution < 1.29 is 4.79 Å². The summed E-state index contributed by atoms with van der Waals surface area (Å²) in [5.74, 6) is 0.755. The fourth-order valence-corrected chi connectivity index (χ4v) is 3.27. The van der Waals surface area contributed by atoms with Crippen LogP contribution < -0.4 is 0 Å². The average molecular weight is 347 g/mol. The van der Waals surface area contributed by atoms with Crippen molar-refractivity contribution >= 4 is 37.8 Å². The summed E-state index contributed by atoms with van der Waals surface area (Å²) in [6.07, 6.45) is 1.11. The first-order valence-corrected chi connectivity index (χ1v) is 6.90. The van der Waals surface area contributed by atoms with Crippen molar-refractivity contribution in [3.8, 4) is 0 Å². The Morgan fingerprint density at radius 3 is 2.44 bits per heavy atom. The van der Waals surface area contributed by atoms with Crippen molar-refractivity contribution in [1.29, 1.82) is 0 Å². The number of hydrogen-bond acceptors (Lipinski definition) is 1. The molecule has 1 heterocycles. The van der Waals surface area contributed by atoms with Gasteiger partial charge in [-0.05, 0) is 30.5 Å². The first-order chi connectivity index (χ1) is 7.56. The van der Waals surface area contributed by atoms with E-state index in [1.807, 2.05) is 23.1 Å². The van der Waals surface area contributed by atoms with Crippen LogP contribution in [0.15, 0.2) is 27.1 Å². The highest BCUT2D eigenvalue weighted by Gasteiger charge is 2.24. The lowest BCUT2D eigenvalue weighted by Gasteiger charge is -2.16. The van der Waals surface area contributed by atoms with Gasteiger partial charge in [0, 0.05) is 27.6 Å². The zero-order chi connectivity index (χ0) is 11.7. The standard InChI is InChI=1S/C12H13Br2NO/c1-8-2-3-15(7-8)12(16)9-4-10(13)6-11(14)5-9/h4-6,8H,2-3,7H2,1H3. The summed E-state index contributed by atoms with van der Waals surface area (Å²) in [7, 11) is 0. The van der Waals surface area contributed by atoms with E-state index in [-0.39, 0.29) is 5.91 Å². The third-order valence-electron chi connectivity index (χ3n) is 2.82. The molecule has 16 heavy (non-hydrogen) atoms. The van der Waals surface area contributed by atoms with E-state index >= 15 is 0 Å². The van der Waals surface area contributed by atoms with Crippen LogP contribution in [-0.4, -0.2) is 23.9 Å². The zero-order valence-corrected chi connectivity index (χ0v) is 12.2. The lowest BCUT2D eigenvalue weighted by Crippen LogP contribution is -2.28. The molecule has 1 aromatic carbocycles.